The van der Waals surface area contributed by atoms with Gasteiger partial charge in [-0.1, -0.05) is 167 Å². The molecule has 3 aromatic carbocycles. The summed E-state index contributed by atoms with van der Waals surface area (Å²) in [6.07, 6.45) is 5.11. The van der Waals surface area contributed by atoms with Crippen molar-refractivity contribution < 1.29 is 42.2 Å². The fraction of sp³-hybridized carbons (Fsp3) is 0.553. The number of aliphatic imine (C=N–C) groups is 1. The molecule has 0 radical (unpaired) electrons. The van der Waals surface area contributed by atoms with Crippen LogP contribution in [0.1, 0.15) is 133 Å². The quantitative estimate of drug-likeness (QED) is 0.103. The normalized spacial score (nSPS) is 14.2. The molecule has 2 aliphatic heterocycles. The molecule has 0 atom stereocenters. The van der Waals surface area contributed by atoms with E-state index in [-0.39, 0.29) is 32.7 Å². The molecule has 2 aliphatic rings. The van der Waals surface area contributed by atoms with Gasteiger partial charge in [0.05, 0.1) is 0 Å². The van der Waals surface area contributed by atoms with Crippen molar-refractivity contribution in [2.24, 2.45) is 4.99 Å². The summed E-state index contributed by atoms with van der Waals surface area (Å²) in [5, 5.41) is 5.32. The van der Waals surface area contributed by atoms with E-state index in [1.165, 1.54) is 47.9 Å². The Morgan fingerprint density at radius 3 is 1.13 bits per heavy atom. The molecule has 2 heterocycles. The summed E-state index contributed by atoms with van der Waals surface area (Å²) in [6, 6.07) is 23.6. The van der Waals surface area contributed by atoms with Gasteiger partial charge >= 0.3 is 32.7 Å². The minimum Gasteiger partial charge on any atom is -0.435 e. The molecular formula is C47H77N2O2Si2Y. The zero-order chi connectivity index (χ0) is 40.2. The molecule has 0 N–H and O–H groups in total. The summed E-state index contributed by atoms with van der Waals surface area (Å²) in [7, 11) is -1.72. The number of benzene rings is 3. The maximum atomic E-state index is 5.32. The van der Waals surface area contributed by atoms with Gasteiger partial charge in [-0.3, -0.25) is 0 Å². The summed E-state index contributed by atoms with van der Waals surface area (Å²) in [5.41, 5.74) is 8.25. The van der Waals surface area contributed by atoms with Crippen molar-refractivity contribution in [1.82, 2.24) is 0 Å². The largest absolute Gasteiger partial charge is 3.00 e. The van der Waals surface area contributed by atoms with Gasteiger partial charge in [0.2, 0.25) is 0 Å². The first-order chi connectivity index (χ1) is 24.7. The van der Waals surface area contributed by atoms with E-state index in [0.717, 1.165) is 49.2 Å². The molecule has 0 spiro atoms. The molecule has 0 bridgehead atoms. The van der Waals surface area contributed by atoms with Crippen LogP contribution in [-0.2, 0) is 42.2 Å². The van der Waals surface area contributed by atoms with Gasteiger partial charge in [-0.15, -0.1) is 16.1 Å². The Morgan fingerprint density at radius 1 is 0.537 bits per heavy atom. The van der Waals surface area contributed by atoms with E-state index in [2.05, 4.69) is 168 Å². The fourth-order valence-corrected chi connectivity index (χ4v) is 5.26. The second-order valence-corrected chi connectivity index (χ2v) is 28.1. The van der Waals surface area contributed by atoms with Gasteiger partial charge in [0.15, 0.2) is 0 Å². The molecule has 2 saturated heterocycles. The van der Waals surface area contributed by atoms with E-state index in [9.17, 15) is 0 Å². The monoisotopic (exact) mass is 846 g/mol. The van der Waals surface area contributed by atoms with Gasteiger partial charge in [0.1, 0.15) is 0 Å². The number of rotatable bonds is 7. The molecular weight excluding hydrogens is 770 g/mol. The zero-order valence-electron chi connectivity index (χ0n) is 37.0. The second-order valence-electron chi connectivity index (χ2n) is 17.9. The Balaban J connectivity index is 0.00000108. The third kappa shape index (κ3) is 23.6. The van der Waals surface area contributed by atoms with E-state index in [1.807, 2.05) is 6.07 Å². The molecule has 298 valence electrons. The topological polar surface area (TPSA) is 44.9 Å². The summed E-state index contributed by atoms with van der Waals surface area (Å²) >= 11 is 0. The van der Waals surface area contributed by atoms with Crippen molar-refractivity contribution in [3.63, 3.8) is 0 Å². The molecule has 0 amide bonds. The minimum atomic E-state index is -0.861. The Kier molecular flexibility index (Phi) is 26.5. The average molecular weight is 847 g/mol. The van der Waals surface area contributed by atoms with Crippen LogP contribution in [0, 0.1) is 13.1 Å². The Hall–Kier alpha value is -1.41. The van der Waals surface area contributed by atoms with Crippen LogP contribution in [0.5, 0.6) is 0 Å². The van der Waals surface area contributed by atoms with E-state index in [0.29, 0.717) is 23.7 Å². The number of hydrogen-bond donors (Lipinski definition) is 0. The summed E-state index contributed by atoms with van der Waals surface area (Å²) < 4.78 is 9.89. The van der Waals surface area contributed by atoms with Crippen molar-refractivity contribution in [1.29, 1.82) is 0 Å². The van der Waals surface area contributed by atoms with Crippen LogP contribution >= 0.6 is 0 Å². The van der Waals surface area contributed by atoms with Crippen LogP contribution in [0.15, 0.2) is 71.7 Å². The standard InChI is InChI=1S/C31H39N2.2C4H8O.2C4H11Si.Y/c1-20(2)25-16-12-17-26(21(3)4)29(25)32-31(24-14-10-9-11-15-24)33-30-27(22(5)6)18-13-19-28(30)23(7)8;2*1-2-4-5-3-1;2*1-5(2,3)4;/h9-23H,1-8H3;2*1-4H2;2*1H2,2-4H3;/q-1;;;2*-1;+3. The van der Waals surface area contributed by atoms with E-state index in [1.54, 1.807) is 0 Å². The molecule has 0 unspecified atom stereocenters. The van der Waals surface area contributed by atoms with Gasteiger partial charge < -0.3 is 32.9 Å². The summed E-state index contributed by atoms with van der Waals surface area (Å²) in [6.45, 7) is 43.0. The first kappa shape index (κ1) is 52.6. The Morgan fingerprint density at radius 2 is 0.852 bits per heavy atom. The van der Waals surface area contributed by atoms with Gasteiger partial charge in [-0.25, -0.2) is 0 Å². The molecule has 5 rings (SSSR count). The third-order valence-corrected chi connectivity index (χ3v) is 7.81. The molecule has 0 aliphatic carbocycles. The number of hydrogen-bond acceptors (Lipinski definition) is 3. The summed E-state index contributed by atoms with van der Waals surface area (Å²) in [5.74, 6) is 2.31. The molecule has 0 saturated carbocycles. The minimum absolute atomic E-state index is 0. The van der Waals surface area contributed by atoms with Crippen LogP contribution in [0.3, 0.4) is 0 Å². The molecule has 7 heteroatoms. The number of nitrogens with zero attached hydrogens (tertiary/aromatic N) is 2. The van der Waals surface area contributed by atoms with Crippen molar-refractivity contribution in [3.8, 4) is 0 Å². The molecule has 0 aromatic heterocycles. The first-order valence-electron chi connectivity index (χ1n) is 20.2. The predicted molar refractivity (Wildman–Crippen MR) is 242 cm³/mol. The zero-order valence-corrected chi connectivity index (χ0v) is 41.9. The number of amidine groups is 1. The van der Waals surface area contributed by atoms with Crippen molar-refractivity contribution in [3.05, 3.63) is 113 Å². The first-order valence-corrected chi connectivity index (χ1v) is 27.6. The fourth-order valence-electron chi connectivity index (χ4n) is 5.26. The molecule has 4 nitrogen and oxygen atoms in total. The maximum Gasteiger partial charge on any atom is 3.00 e. The molecule has 2 fully saturated rings. The smallest absolute Gasteiger partial charge is 0.435 e. The van der Waals surface area contributed by atoms with Crippen LogP contribution < -0.4 is 0 Å². The van der Waals surface area contributed by atoms with Gasteiger partial charge in [-0.05, 0) is 88.5 Å². The van der Waals surface area contributed by atoms with Crippen LogP contribution in [-0.4, -0.2) is 48.4 Å². The average Bonchev–Trinajstić information content (AvgIpc) is 3.83. The van der Waals surface area contributed by atoms with Crippen LogP contribution in [0.2, 0.25) is 39.3 Å². The maximum absolute atomic E-state index is 5.32. The second kappa shape index (κ2) is 27.3. The van der Waals surface area contributed by atoms with E-state index < -0.39 is 16.1 Å². The molecule has 3 aromatic rings. The van der Waals surface area contributed by atoms with Crippen LogP contribution in [0.25, 0.3) is 5.32 Å². The number of para-hydroxylation sites is 2. The Labute approximate surface area is 361 Å². The van der Waals surface area contributed by atoms with E-state index in [4.69, 9.17) is 19.8 Å². The number of ether oxygens (including phenoxy) is 2. The van der Waals surface area contributed by atoms with Gasteiger partial charge in [-0.2, -0.15) is 0 Å². The predicted octanol–water partition coefficient (Wildman–Crippen LogP) is 15.0. The van der Waals surface area contributed by atoms with Crippen LogP contribution in [0.4, 0.5) is 11.4 Å². The third-order valence-electron chi connectivity index (χ3n) is 7.81. The van der Waals surface area contributed by atoms with Crippen molar-refractivity contribution in [2.75, 3.05) is 26.4 Å². The van der Waals surface area contributed by atoms with Crippen molar-refractivity contribution in [2.45, 2.75) is 144 Å². The Bertz CT molecular complexity index is 1350. The SMILES string of the molecule is C1CCOC1.C1CCOC1.CC(C)c1cccc(C(C)C)c1N=C([N-]c1c(C(C)C)cccc1C(C)C)c1ccccc1.[CH2-][Si](C)(C)C.[CH2-][Si](C)(C)C.[Y+3]. The van der Waals surface area contributed by atoms with Gasteiger partial charge in [0, 0.05) is 26.4 Å². The van der Waals surface area contributed by atoms with Crippen molar-refractivity contribution >= 4 is 33.4 Å². The van der Waals surface area contributed by atoms with Gasteiger partial charge in [0.25, 0.3) is 0 Å². The van der Waals surface area contributed by atoms with E-state index >= 15 is 0 Å². The molecule has 54 heavy (non-hydrogen) atoms. The summed E-state index contributed by atoms with van der Waals surface area (Å²) in [4.78, 5) is 5.32.